The van der Waals surface area contributed by atoms with E-state index in [1.54, 1.807) is 12.1 Å². The van der Waals surface area contributed by atoms with Crippen LogP contribution in [0, 0.1) is 0 Å². The molecule has 2 aromatic carbocycles. The van der Waals surface area contributed by atoms with Crippen molar-refractivity contribution in [2.75, 3.05) is 19.7 Å². The summed E-state index contributed by atoms with van der Waals surface area (Å²) in [4.78, 5) is 14.7. The van der Waals surface area contributed by atoms with Gasteiger partial charge in [-0.15, -0.1) is 0 Å². The van der Waals surface area contributed by atoms with Gasteiger partial charge in [-0.25, -0.2) is 0 Å². The second-order valence-electron chi connectivity index (χ2n) is 6.58. The lowest BCUT2D eigenvalue weighted by molar-refractivity contribution is -0.142. The van der Waals surface area contributed by atoms with E-state index in [1.807, 2.05) is 41.3 Å². The SMILES string of the molecule is O=C([C@H]1COc2ccccc2O1)N1CCC[C@H](c2cccc(O)c2)C1. The zero-order valence-electron chi connectivity index (χ0n) is 13.9. The van der Waals surface area contributed by atoms with Crippen LogP contribution in [0.2, 0.25) is 0 Å². The molecule has 1 N–H and O–H groups in total. The van der Waals surface area contributed by atoms with Crippen LogP contribution in [0.3, 0.4) is 0 Å². The number of ether oxygens (including phenoxy) is 2. The van der Waals surface area contributed by atoms with Crippen LogP contribution in [0.5, 0.6) is 17.2 Å². The lowest BCUT2D eigenvalue weighted by atomic mass is 9.90. The highest BCUT2D eigenvalue weighted by Gasteiger charge is 2.33. The molecule has 2 aliphatic heterocycles. The summed E-state index contributed by atoms with van der Waals surface area (Å²) in [6.07, 6.45) is 1.35. The molecule has 5 heteroatoms. The third-order valence-corrected chi connectivity index (χ3v) is 4.86. The molecule has 2 atom stereocenters. The van der Waals surface area contributed by atoms with Crippen LogP contribution in [-0.4, -0.2) is 41.7 Å². The lowest BCUT2D eigenvalue weighted by Gasteiger charge is -2.36. The van der Waals surface area contributed by atoms with E-state index in [0.717, 1.165) is 24.9 Å². The van der Waals surface area contributed by atoms with Crippen molar-refractivity contribution >= 4 is 5.91 Å². The lowest BCUT2D eigenvalue weighted by Crippen LogP contribution is -2.49. The number of rotatable bonds is 2. The predicted molar refractivity (Wildman–Crippen MR) is 93.0 cm³/mol. The number of phenols is 1. The summed E-state index contributed by atoms with van der Waals surface area (Å²) in [5.41, 5.74) is 1.07. The number of carbonyl (C=O) groups excluding carboxylic acids is 1. The quantitative estimate of drug-likeness (QED) is 0.914. The summed E-state index contributed by atoms with van der Waals surface area (Å²) in [5, 5.41) is 9.70. The first-order valence-corrected chi connectivity index (χ1v) is 8.67. The highest BCUT2D eigenvalue weighted by Crippen LogP contribution is 2.33. The van der Waals surface area contributed by atoms with Gasteiger partial charge in [-0.2, -0.15) is 0 Å². The van der Waals surface area contributed by atoms with Crippen LogP contribution < -0.4 is 9.47 Å². The fourth-order valence-electron chi connectivity index (χ4n) is 3.57. The Morgan fingerprint density at radius 1 is 1.12 bits per heavy atom. The van der Waals surface area contributed by atoms with Gasteiger partial charge in [0.2, 0.25) is 6.10 Å². The number of para-hydroxylation sites is 2. The molecule has 0 aromatic heterocycles. The minimum Gasteiger partial charge on any atom is -0.508 e. The van der Waals surface area contributed by atoms with Crippen molar-refractivity contribution in [3.05, 3.63) is 54.1 Å². The summed E-state index contributed by atoms with van der Waals surface area (Å²) in [7, 11) is 0. The molecular formula is C20H21NO4. The Morgan fingerprint density at radius 2 is 1.96 bits per heavy atom. The zero-order chi connectivity index (χ0) is 17.2. The monoisotopic (exact) mass is 339 g/mol. The molecule has 1 amide bonds. The number of hydrogen-bond acceptors (Lipinski definition) is 4. The predicted octanol–water partition coefficient (Wildman–Crippen LogP) is 2.94. The van der Waals surface area contributed by atoms with E-state index in [0.29, 0.717) is 18.0 Å². The Morgan fingerprint density at radius 3 is 2.80 bits per heavy atom. The molecule has 0 radical (unpaired) electrons. The number of piperidine rings is 1. The van der Waals surface area contributed by atoms with Crippen molar-refractivity contribution < 1.29 is 19.4 Å². The molecule has 1 saturated heterocycles. The van der Waals surface area contributed by atoms with Crippen molar-refractivity contribution in [1.82, 2.24) is 4.90 Å². The minimum absolute atomic E-state index is 0.0284. The topological polar surface area (TPSA) is 59.0 Å². The largest absolute Gasteiger partial charge is 0.508 e. The number of fused-ring (bicyclic) bond motifs is 1. The summed E-state index contributed by atoms with van der Waals surface area (Å²) in [5.74, 6) is 1.78. The van der Waals surface area contributed by atoms with Crippen molar-refractivity contribution in [3.63, 3.8) is 0 Å². The fourth-order valence-corrected chi connectivity index (χ4v) is 3.57. The highest BCUT2D eigenvalue weighted by molar-refractivity contribution is 5.82. The van der Waals surface area contributed by atoms with Crippen LogP contribution in [0.4, 0.5) is 0 Å². The summed E-state index contributed by atoms with van der Waals surface area (Å²) in [6.45, 7) is 1.61. The second kappa shape index (κ2) is 6.67. The molecule has 0 spiro atoms. The van der Waals surface area contributed by atoms with Crippen LogP contribution in [-0.2, 0) is 4.79 Å². The Kier molecular flexibility index (Phi) is 4.22. The second-order valence-corrected chi connectivity index (χ2v) is 6.58. The van der Waals surface area contributed by atoms with E-state index in [1.165, 1.54) is 0 Å². The number of likely N-dealkylation sites (tertiary alicyclic amines) is 1. The molecule has 2 heterocycles. The normalized spacial score (nSPS) is 22.5. The van der Waals surface area contributed by atoms with Gasteiger partial charge in [0.1, 0.15) is 12.4 Å². The number of aromatic hydroxyl groups is 1. The Hall–Kier alpha value is -2.69. The Balaban J connectivity index is 1.45. The standard InChI is InChI=1S/C20H21NO4/c22-16-7-3-5-14(11-16)15-6-4-10-21(12-15)20(23)19-13-24-17-8-1-2-9-18(17)25-19/h1-3,5,7-9,11,15,19,22H,4,6,10,12-13H2/t15-,19+/m0/s1. The molecule has 2 aromatic rings. The first-order valence-electron chi connectivity index (χ1n) is 8.67. The first kappa shape index (κ1) is 15.8. The van der Waals surface area contributed by atoms with Gasteiger partial charge in [0, 0.05) is 19.0 Å². The number of hydrogen-bond donors (Lipinski definition) is 1. The summed E-state index contributed by atoms with van der Waals surface area (Å²) >= 11 is 0. The maximum Gasteiger partial charge on any atom is 0.267 e. The molecule has 130 valence electrons. The Bertz CT molecular complexity index is 776. The number of carbonyl (C=O) groups is 1. The molecule has 0 aliphatic carbocycles. The first-order chi connectivity index (χ1) is 12.2. The van der Waals surface area contributed by atoms with E-state index < -0.39 is 6.10 Å². The number of benzene rings is 2. The molecular weight excluding hydrogens is 318 g/mol. The fraction of sp³-hybridized carbons (Fsp3) is 0.350. The highest BCUT2D eigenvalue weighted by atomic mass is 16.6. The van der Waals surface area contributed by atoms with Gasteiger partial charge in [-0.05, 0) is 42.7 Å². The molecule has 4 rings (SSSR count). The van der Waals surface area contributed by atoms with Gasteiger partial charge >= 0.3 is 0 Å². The molecule has 0 unspecified atom stereocenters. The van der Waals surface area contributed by atoms with E-state index >= 15 is 0 Å². The third kappa shape index (κ3) is 3.27. The minimum atomic E-state index is -0.599. The van der Waals surface area contributed by atoms with E-state index in [4.69, 9.17) is 9.47 Å². The smallest absolute Gasteiger partial charge is 0.267 e. The van der Waals surface area contributed by atoms with Crippen molar-refractivity contribution in [3.8, 4) is 17.2 Å². The van der Waals surface area contributed by atoms with E-state index in [-0.39, 0.29) is 24.2 Å². The number of nitrogens with zero attached hydrogens (tertiary/aromatic N) is 1. The number of amides is 1. The van der Waals surface area contributed by atoms with Crippen LogP contribution in [0.15, 0.2) is 48.5 Å². The summed E-state index contributed by atoms with van der Waals surface area (Å²) in [6, 6.07) is 14.7. The van der Waals surface area contributed by atoms with Gasteiger partial charge in [0.15, 0.2) is 11.5 Å². The van der Waals surface area contributed by atoms with Crippen LogP contribution in [0.1, 0.15) is 24.3 Å². The Labute approximate surface area is 146 Å². The molecule has 25 heavy (non-hydrogen) atoms. The van der Waals surface area contributed by atoms with Crippen LogP contribution >= 0.6 is 0 Å². The van der Waals surface area contributed by atoms with Crippen molar-refractivity contribution in [2.45, 2.75) is 24.9 Å². The molecule has 5 nitrogen and oxygen atoms in total. The van der Waals surface area contributed by atoms with E-state index in [9.17, 15) is 9.90 Å². The molecule has 0 saturated carbocycles. The van der Waals surface area contributed by atoms with E-state index in [2.05, 4.69) is 0 Å². The third-order valence-electron chi connectivity index (χ3n) is 4.86. The molecule has 0 bridgehead atoms. The maximum absolute atomic E-state index is 12.9. The molecule has 1 fully saturated rings. The van der Waals surface area contributed by atoms with Gasteiger partial charge in [0.25, 0.3) is 5.91 Å². The maximum atomic E-state index is 12.9. The van der Waals surface area contributed by atoms with Crippen molar-refractivity contribution in [1.29, 1.82) is 0 Å². The van der Waals surface area contributed by atoms with Crippen molar-refractivity contribution in [2.24, 2.45) is 0 Å². The molecule has 2 aliphatic rings. The average molecular weight is 339 g/mol. The van der Waals surface area contributed by atoms with Gasteiger partial charge in [-0.3, -0.25) is 4.79 Å². The van der Waals surface area contributed by atoms with Crippen LogP contribution in [0.25, 0.3) is 0 Å². The van der Waals surface area contributed by atoms with Gasteiger partial charge < -0.3 is 19.5 Å². The van der Waals surface area contributed by atoms with Gasteiger partial charge in [0.05, 0.1) is 0 Å². The number of phenolic OH excluding ortho intramolecular Hbond substituents is 1. The summed E-state index contributed by atoms with van der Waals surface area (Å²) < 4.78 is 11.5. The zero-order valence-corrected chi connectivity index (χ0v) is 13.9. The average Bonchev–Trinajstić information content (AvgIpc) is 2.67. The van der Waals surface area contributed by atoms with Gasteiger partial charge in [-0.1, -0.05) is 24.3 Å².